The topological polar surface area (TPSA) is 40.5 Å². The van der Waals surface area contributed by atoms with Crippen LogP contribution < -0.4 is 0 Å². The number of nitrogens with zero attached hydrogens (tertiary/aromatic N) is 1. The Bertz CT molecular complexity index is 363. The molecule has 0 saturated carbocycles. The Kier molecular flexibility index (Phi) is 3.58. The van der Waals surface area contributed by atoms with Crippen LogP contribution in [0.2, 0.25) is 0 Å². The molecule has 16 heavy (non-hydrogen) atoms. The van der Waals surface area contributed by atoms with Crippen molar-refractivity contribution in [3.8, 4) is 0 Å². The summed E-state index contributed by atoms with van der Waals surface area (Å²) >= 11 is 0. The number of amides is 1. The van der Waals surface area contributed by atoms with E-state index in [1.54, 1.807) is 7.05 Å². The molecule has 0 aliphatic rings. The van der Waals surface area contributed by atoms with Gasteiger partial charge in [-0.15, -0.1) is 0 Å². The second kappa shape index (κ2) is 4.56. The van der Waals surface area contributed by atoms with Gasteiger partial charge in [-0.2, -0.15) is 0 Å². The van der Waals surface area contributed by atoms with Gasteiger partial charge in [0.1, 0.15) is 0 Å². The average molecular weight is 221 g/mol. The zero-order valence-electron chi connectivity index (χ0n) is 10.3. The van der Waals surface area contributed by atoms with Crippen LogP contribution in [-0.2, 0) is 12.0 Å². The summed E-state index contributed by atoms with van der Waals surface area (Å²) in [5.41, 5.74) is 2.41. The highest BCUT2D eigenvalue weighted by atomic mass is 16.4. The third-order valence-corrected chi connectivity index (χ3v) is 2.57. The number of benzene rings is 1. The van der Waals surface area contributed by atoms with Gasteiger partial charge in [-0.3, -0.25) is 0 Å². The maximum Gasteiger partial charge on any atom is 0.407 e. The highest BCUT2D eigenvalue weighted by molar-refractivity contribution is 5.64. The summed E-state index contributed by atoms with van der Waals surface area (Å²) in [6.45, 7) is 6.90. The molecule has 0 unspecified atom stereocenters. The van der Waals surface area contributed by atoms with E-state index in [1.165, 1.54) is 10.5 Å². The maximum absolute atomic E-state index is 10.7. The molecule has 0 aliphatic carbocycles. The number of hydrogen-bond acceptors (Lipinski definition) is 1. The van der Waals surface area contributed by atoms with Crippen LogP contribution in [0.5, 0.6) is 0 Å². The molecule has 0 bridgehead atoms. The molecule has 1 rings (SSSR count). The highest BCUT2D eigenvalue weighted by Crippen LogP contribution is 2.22. The van der Waals surface area contributed by atoms with Crippen molar-refractivity contribution in [2.75, 3.05) is 7.05 Å². The van der Waals surface area contributed by atoms with E-state index in [1.807, 2.05) is 12.1 Å². The molecular formula is C13H19NO2. The van der Waals surface area contributed by atoms with E-state index in [-0.39, 0.29) is 5.41 Å². The van der Waals surface area contributed by atoms with Crippen molar-refractivity contribution in [1.82, 2.24) is 4.90 Å². The van der Waals surface area contributed by atoms with E-state index in [9.17, 15) is 4.79 Å². The Labute approximate surface area is 96.7 Å². The molecule has 1 aromatic rings. The van der Waals surface area contributed by atoms with Crippen LogP contribution in [-0.4, -0.2) is 23.1 Å². The molecule has 0 radical (unpaired) electrons. The van der Waals surface area contributed by atoms with E-state index in [4.69, 9.17) is 5.11 Å². The quantitative estimate of drug-likeness (QED) is 0.833. The Balaban J connectivity index is 2.76. The second-order valence-electron chi connectivity index (χ2n) is 5.09. The largest absolute Gasteiger partial charge is 0.465 e. The summed E-state index contributed by atoms with van der Waals surface area (Å²) in [4.78, 5) is 11.9. The fraction of sp³-hybridized carbons (Fsp3) is 0.462. The van der Waals surface area contributed by atoms with Gasteiger partial charge in [-0.1, -0.05) is 45.0 Å². The molecule has 0 saturated heterocycles. The predicted molar refractivity (Wildman–Crippen MR) is 64.6 cm³/mol. The fourth-order valence-corrected chi connectivity index (χ4v) is 1.45. The number of carbonyl (C=O) groups is 1. The maximum atomic E-state index is 10.7. The molecule has 88 valence electrons. The van der Waals surface area contributed by atoms with Gasteiger partial charge in [-0.05, 0) is 16.5 Å². The van der Waals surface area contributed by atoms with Gasteiger partial charge in [0.25, 0.3) is 0 Å². The first-order valence-electron chi connectivity index (χ1n) is 5.34. The zero-order chi connectivity index (χ0) is 12.3. The molecule has 0 atom stereocenters. The molecular weight excluding hydrogens is 202 g/mol. The Hall–Kier alpha value is -1.51. The molecule has 1 N–H and O–H groups in total. The Morgan fingerprint density at radius 3 is 2.12 bits per heavy atom. The first-order valence-corrected chi connectivity index (χ1v) is 5.34. The Morgan fingerprint density at radius 2 is 1.75 bits per heavy atom. The molecule has 1 aromatic carbocycles. The lowest BCUT2D eigenvalue weighted by atomic mass is 9.87. The number of carboxylic acid groups (broad SMARTS) is 1. The van der Waals surface area contributed by atoms with Gasteiger partial charge in [0.05, 0.1) is 0 Å². The van der Waals surface area contributed by atoms with Crippen molar-refractivity contribution in [1.29, 1.82) is 0 Å². The SMILES string of the molecule is CN(Cc1ccc(C(C)(C)C)cc1)C(=O)O. The minimum absolute atomic E-state index is 0.136. The third kappa shape index (κ3) is 3.26. The van der Waals surface area contributed by atoms with Crippen molar-refractivity contribution in [2.24, 2.45) is 0 Å². The lowest BCUT2D eigenvalue weighted by molar-refractivity contribution is 0.153. The van der Waals surface area contributed by atoms with E-state index < -0.39 is 6.09 Å². The average Bonchev–Trinajstić information content (AvgIpc) is 2.17. The molecule has 0 spiro atoms. The van der Waals surface area contributed by atoms with Gasteiger partial charge in [0, 0.05) is 13.6 Å². The van der Waals surface area contributed by atoms with E-state index in [2.05, 4.69) is 32.9 Å². The number of hydrogen-bond donors (Lipinski definition) is 1. The standard InChI is InChI=1S/C13H19NO2/c1-13(2,3)11-7-5-10(6-8-11)9-14(4)12(15)16/h5-8H,9H2,1-4H3,(H,15,16). The minimum Gasteiger partial charge on any atom is -0.465 e. The lowest BCUT2D eigenvalue weighted by Crippen LogP contribution is -2.23. The smallest absolute Gasteiger partial charge is 0.407 e. The monoisotopic (exact) mass is 221 g/mol. The third-order valence-electron chi connectivity index (χ3n) is 2.57. The summed E-state index contributed by atoms with van der Waals surface area (Å²) in [5, 5.41) is 8.75. The van der Waals surface area contributed by atoms with Gasteiger partial charge >= 0.3 is 6.09 Å². The summed E-state index contributed by atoms with van der Waals surface area (Å²) in [5.74, 6) is 0. The van der Waals surface area contributed by atoms with Gasteiger partial charge in [0.2, 0.25) is 0 Å². The predicted octanol–water partition coefficient (Wildman–Crippen LogP) is 3.09. The first-order chi connectivity index (χ1) is 7.30. The van der Waals surface area contributed by atoms with Crippen LogP contribution in [0, 0.1) is 0 Å². The van der Waals surface area contributed by atoms with E-state index >= 15 is 0 Å². The van der Waals surface area contributed by atoms with Crippen LogP contribution in [0.1, 0.15) is 31.9 Å². The zero-order valence-corrected chi connectivity index (χ0v) is 10.3. The van der Waals surface area contributed by atoms with Gasteiger partial charge < -0.3 is 10.0 Å². The van der Waals surface area contributed by atoms with E-state index in [0.717, 1.165) is 5.56 Å². The molecule has 0 heterocycles. The second-order valence-corrected chi connectivity index (χ2v) is 5.09. The van der Waals surface area contributed by atoms with Crippen molar-refractivity contribution in [3.63, 3.8) is 0 Å². The van der Waals surface area contributed by atoms with Gasteiger partial charge in [-0.25, -0.2) is 4.79 Å². The van der Waals surface area contributed by atoms with Crippen molar-refractivity contribution in [3.05, 3.63) is 35.4 Å². The van der Waals surface area contributed by atoms with Crippen LogP contribution >= 0.6 is 0 Å². The summed E-state index contributed by atoms with van der Waals surface area (Å²) in [6, 6.07) is 8.09. The lowest BCUT2D eigenvalue weighted by Gasteiger charge is -2.20. The molecule has 3 heteroatoms. The molecule has 1 amide bonds. The Morgan fingerprint density at radius 1 is 1.25 bits per heavy atom. The van der Waals surface area contributed by atoms with Crippen LogP contribution in [0.3, 0.4) is 0 Å². The van der Waals surface area contributed by atoms with Crippen molar-refractivity contribution < 1.29 is 9.90 Å². The normalized spacial score (nSPS) is 11.2. The molecule has 0 aliphatic heterocycles. The van der Waals surface area contributed by atoms with Crippen LogP contribution in [0.25, 0.3) is 0 Å². The van der Waals surface area contributed by atoms with Crippen LogP contribution in [0.4, 0.5) is 4.79 Å². The van der Waals surface area contributed by atoms with Crippen molar-refractivity contribution >= 4 is 6.09 Å². The van der Waals surface area contributed by atoms with Gasteiger partial charge in [0.15, 0.2) is 0 Å². The van der Waals surface area contributed by atoms with E-state index in [0.29, 0.717) is 6.54 Å². The molecule has 0 aromatic heterocycles. The summed E-state index contributed by atoms with van der Waals surface area (Å²) in [7, 11) is 1.57. The summed E-state index contributed by atoms with van der Waals surface area (Å²) in [6.07, 6.45) is -0.903. The first kappa shape index (κ1) is 12.6. The molecule has 3 nitrogen and oxygen atoms in total. The number of rotatable bonds is 2. The van der Waals surface area contributed by atoms with Crippen molar-refractivity contribution in [2.45, 2.75) is 32.7 Å². The summed E-state index contributed by atoms with van der Waals surface area (Å²) < 4.78 is 0. The van der Waals surface area contributed by atoms with Crippen LogP contribution in [0.15, 0.2) is 24.3 Å². The molecule has 0 fully saturated rings. The minimum atomic E-state index is -0.903. The fourth-order valence-electron chi connectivity index (χ4n) is 1.45. The highest BCUT2D eigenvalue weighted by Gasteiger charge is 2.13.